The molecule has 0 fully saturated rings. The van der Waals surface area contributed by atoms with Crippen LogP contribution in [0.25, 0.3) is 0 Å². The molecule has 6 heteroatoms. The van der Waals surface area contributed by atoms with E-state index >= 15 is 0 Å². The molecule has 0 radical (unpaired) electrons. The number of para-hydroxylation sites is 4. The van der Waals surface area contributed by atoms with Gasteiger partial charge in [0.15, 0.2) is 5.75 Å². The van der Waals surface area contributed by atoms with Gasteiger partial charge in [-0.15, -0.1) is 0 Å². The van der Waals surface area contributed by atoms with Crippen molar-refractivity contribution in [3.8, 4) is 11.5 Å². The summed E-state index contributed by atoms with van der Waals surface area (Å²) in [7, 11) is 0. The molecular formula is C22H17ClN2O3. The van der Waals surface area contributed by atoms with E-state index in [1.165, 1.54) is 0 Å². The van der Waals surface area contributed by atoms with Crippen LogP contribution in [0.4, 0.5) is 11.4 Å². The minimum atomic E-state index is -0.571. The summed E-state index contributed by atoms with van der Waals surface area (Å²) in [4.78, 5) is 25.0. The second-order valence-electron chi connectivity index (χ2n) is 6.41. The van der Waals surface area contributed by atoms with Crippen LogP contribution in [0.2, 0.25) is 5.02 Å². The maximum absolute atomic E-state index is 13.0. The molecule has 3 aromatic rings. The molecule has 28 heavy (non-hydrogen) atoms. The van der Waals surface area contributed by atoms with Gasteiger partial charge < -0.3 is 15.4 Å². The van der Waals surface area contributed by atoms with Crippen LogP contribution in [0, 0.1) is 0 Å². The molecule has 4 rings (SSSR count). The Balaban J connectivity index is 1.59. The quantitative estimate of drug-likeness (QED) is 0.641. The Kier molecular flexibility index (Phi) is 5.00. The average Bonchev–Trinajstić information content (AvgIpc) is 2.70. The fourth-order valence-electron chi connectivity index (χ4n) is 3.17. The second-order valence-corrected chi connectivity index (χ2v) is 6.82. The summed E-state index contributed by atoms with van der Waals surface area (Å²) in [5, 5.41) is 6.17. The van der Waals surface area contributed by atoms with Gasteiger partial charge in [0.1, 0.15) is 5.75 Å². The molecule has 0 spiro atoms. The van der Waals surface area contributed by atoms with Gasteiger partial charge in [0, 0.05) is 12.1 Å². The lowest BCUT2D eigenvalue weighted by Crippen LogP contribution is -2.30. The number of carbonyl (C=O) groups excluding carboxylic acids is 2. The number of amides is 2. The minimum absolute atomic E-state index is 0.0936. The number of hydrogen-bond donors (Lipinski definition) is 2. The third kappa shape index (κ3) is 3.70. The van der Waals surface area contributed by atoms with Crippen LogP contribution in [-0.4, -0.2) is 11.8 Å². The molecule has 0 aliphatic carbocycles. The van der Waals surface area contributed by atoms with Crippen molar-refractivity contribution in [1.29, 1.82) is 0 Å². The van der Waals surface area contributed by atoms with Crippen LogP contribution in [0.15, 0.2) is 72.8 Å². The highest BCUT2D eigenvalue weighted by molar-refractivity contribution is 6.32. The van der Waals surface area contributed by atoms with Gasteiger partial charge in [-0.3, -0.25) is 9.59 Å². The maximum Gasteiger partial charge on any atom is 0.232 e. The summed E-state index contributed by atoms with van der Waals surface area (Å²) >= 11 is 6.17. The summed E-state index contributed by atoms with van der Waals surface area (Å²) in [5.41, 5.74) is 1.97. The van der Waals surface area contributed by atoms with Crippen molar-refractivity contribution < 1.29 is 14.3 Å². The first-order valence-electron chi connectivity index (χ1n) is 8.83. The smallest absolute Gasteiger partial charge is 0.232 e. The topological polar surface area (TPSA) is 67.4 Å². The Morgan fingerprint density at radius 3 is 2.46 bits per heavy atom. The van der Waals surface area contributed by atoms with Crippen LogP contribution in [0.3, 0.4) is 0 Å². The summed E-state index contributed by atoms with van der Waals surface area (Å²) < 4.78 is 5.89. The molecule has 140 valence electrons. The van der Waals surface area contributed by atoms with Crippen molar-refractivity contribution in [2.24, 2.45) is 0 Å². The summed E-state index contributed by atoms with van der Waals surface area (Å²) in [5.74, 6) is -0.0546. The highest BCUT2D eigenvalue weighted by Crippen LogP contribution is 2.36. The molecule has 2 N–H and O–H groups in total. The Bertz CT molecular complexity index is 1050. The predicted molar refractivity (Wildman–Crippen MR) is 109 cm³/mol. The Labute approximate surface area is 167 Å². The Hall–Kier alpha value is -3.31. The molecule has 1 atom stereocenters. The second kappa shape index (κ2) is 7.74. The van der Waals surface area contributed by atoms with Gasteiger partial charge in [-0.25, -0.2) is 0 Å². The number of anilines is 2. The van der Waals surface area contributed by atoms with Crippen molar-refractivity contribution in [3.63, 3.8) is 0 Å². The summed E-state index contributed by atoms with van der Waals surface area (Å²) in [6.07, 6.45) is 0.0936. The van der Waals surface area contributed by atoms with E-state index in [1.54, 1.807) is 36.4 Å². The average molecular weight is 393 g/mol. The number of fused-ring (bicyclic) bond motifs is 1. The number of carbonyl (C=O) groups is 2. The van der Waals surface area contributed by atoms with Gasteiger partial charge in [-0.2, -0.15) is 0 Å². The third-order valence-electron chi connectivity index (χ3n) is 4.52. The maximum atomic E-state index is 13.0. The van der Waals surface area contributed by atoms with Gasteiger partial charge in [0.25, 0.3) is 0 Å². The predicted octanol–water partition coefficient (Wildman–Crippen LogP) is 5.20. The van der Waals surface area contributed by atoms with Crippen LogP contribution >= 0.6 is 11.6 Å². The van der Waals surface area contributed by atoms with E-state index in [1.807, 2.05) is 36.4 Å². The summed E-state index contributed by atoms with van der Waals surface area (Å²) in [6, 6.07) is 21.6. The number of halogens is 1. The lowest BCUT2D eigenvalue weighted by atomic mass is 9.90. The monoisotopic (exact) mass is 392 g/mol. The molecule has 3 aromatic carbocycles. The van der Waals surface area contributed by atoms with Crippen LogP contribution in [-0.2, 0) is 9.59 Å². The highest BCUT2D eigenvalue weighted by Gasteiger charge is 2.30. The number of hydrogen-bond acceptors (Lipinski definition) is 3. The van der Waals surface area contributed by atoms with Gasteiger partial charge in [-0.05, 0) is 35.9 Å². The zero-order valence-corrected chi connectivity index (χ0v) is 15.6. The van der Waals surface area contributed by atoms with E-state index in [4.69, 9.17) is 16.3 Å². The molecule has 1 heterocycles. The molecule has 0 saturated carbocycles. The van der Waals surface area contributed by atoms with Crippen molar-refractivity contribution in [3.05, 3.63) is 83.4 Å². The molecule has 2 amide bonds. The number of nitrogens with one attached hydrogen (secondary N) is 2. The van der Waals surface area contributed by atoms with Crippen molar-refractivity contribution in [2.45, 2.75) is 12.3 Å². The van der Waals surface area contributed by atoms with E-state index in [-0.39, 0.29) is 18.2 Å². The summed E-state index contributed by atoms with van der Waals surface area (Å²) in [6.45, 7) is 0. The standard InChI is InChI=1S/C22H17ClN2O3/c23-16-8-2-5-11-19(16)28-20-12-6-4-10-18(20)25-22(27)15-13-21(26)24-17-9-3-1-7-14(15)17/h1-12,15H,13H2,(H,24,26)(H,25,27)/t15-/m1/s1. The highest BCUT2D eigenvalue weighted by atomic mass is 35.5. The lowest BCUT2D eigenvalue weighted by Gasteiger charge is -2.25. The number of rotatable bonds is 4. The molecule has 0 saturated heterocycles. The number of ether oxygens (including phenoxy) is 1. The molecule has 0 bridgehead atoms. The normalized spacial score (nSPS) is 15.3. The van der Waals surface area contributed by atoms with Crippen LogP contribution in [0.1, 0.15) is 17.9 Å². The molecule has 1 aliphatic rings. The SMILES string of the molecule is O=C1C[C@@H](C(=O)Nc2ccccc2Oc2ccccc2Cl)c2ccccc2N1. The Morgan fingerprint density at radius 2 is 1.64 bits per heavy atom. The molecular weight excluding hydrogens is 376 g/mol. The zero-order valence-electron chi connectivity index (χ0n) is 14.8. The minimum Gasteiger partial charge on any atom is -0.454 e. The van der Waals surface area contributed by atoms with Crippen LogP contribution in [0.5, 0.6) is 11.5 Å². The zero-order chi connectivity index (χ0) is 19.5. The van der Waals surface area contributed by atoms with Crippen molar-refractivity contribution in [1.82, 2.24) is 0 Å². The first-order valence-corrected chi connectivity index (χ1v) is 9.20. The van der Waals surface area contributed by atoms with E-state index in [9.17, 15) is 9.59 Å². The van der Waals surface area contributed by atoms with Crippen LogP contribution < -0.4 is 15.4 Å². The molecule has 5 nitrogen and oxygen atoms in total. The first kappa shape index (κ1) is 18.1. The lowest BCUT2D eigenvalue weighted by molar-refractivity contribution is -0.123. The fourth-order valence-corrected chi connectivity index (χ4v) is 3.34. The largest absolute Gasteiger partial charge is 0.454 e. The van der Waals surface area contributed by atoms with Crippen molar-refractivity contribution >= 4 is 34.8 Å². The molecule has 1 aliphatic heterocycles. The molecule has 0 unspecified atom stereocenters. The van der Waals surface area contributed by atoms with Gasteiger partial charge >= 0.3 is 0 Å². The van der Waals surface area contributed by atoms with E-state index in [0.717, 1.165) is 5.56 Å². The van der Waals surface area contributed by atoms with E-state index in [0.29, 0.717) is 27.9 Å². The van der Waals surface area contributed by atoms with Gasteiger partial charge in [-0.1, -0.05) is 54.1 Å². The van der Waals surface area contributed by atoms with Gasteiger partial charge in [0.2, 0.25) is 11.8 Å². The van der Waals surface area contributed by atoms with E-state index in [2.05, 4.69) is 10.6 Å². The first-order chi connectivity index (χ1) is 13.6. The molecule has 0 aromatic heterocycles. The fraction of sp³-hybridized carbons (Fsp3) is 0.0909. The van der Waals surface area contributed by atoms with Gasteiger partial charge in [0.05, 0.1) is 16.6 Å². The Morgan fingerprint density at radius 1 is 0.964 bits per heavy atom. The third-order valence-corrected chi connectivity index (χ3v) is 4.83. The van der Waals surface area contributed by atoms with E-state index < -0.39 is 5.92 Å². The number of benzene rings is 3. The van der Waals surface area contributed by atoms with Crippen molar-refractivity contribution in [2.75, 3.05) is 10.6 Å².